The zero-order chi connectivity index (χ0) is 13.2. The predicted octanol–water partition coefficient (Wildman–Crippen LogP) is 2.59. The molecule has 2 heterocycles. The van der Waals surface area contributed by atoms with Gasteiger partial charge in [0.15, 0.2) is 0 Å². The van der Waals surface area contributed by atoms with Gasteiger partial charge in [0.2, 0.25) is 5.91 Å². The quantitative estimate of drug-likeness (QED) is 0.937. The van der Waals surface area contributed by atoms with Crippen LogP contribution < -0.4 is 5.32 Å². The molecular formula is C14H16ClN3O. The van der Waals surface area contributed by atoms with E-state index in [0.29, 0.717) is 17.5 Å². The molecule has 3 rings (SSSR count). The van der Waals surface area contributed by atoms with Crippen LogP contribution in [0.2, 0.25) is 5.02 Å². The highest BCUT2D eigenvalue weighted by atomic mass is 35.5. The summed E-state index contributed by atoms with van der Waals surface area (Å²) in [6.45, 7) is 0. The van der Waals surface area contributed by atoms with Gasteiger partial charge in [0, 0.05) is 18.4 Å². The van der Waals surface area contributed by atoms with Crippen molar-refractivity contribution in [2.75, 3.05) is 0 Å². The van der Waals surface area contributed by atoms with Gasteiger partial charge in [-0.3, -0.25) is 4.79 Å². The Bertz CT molecular complexity index is 602. The van der Waals surface area contributed by atoms with Crippen molar-refractivity contribution in [3.63, 3.8) is 0 Å². The SMILES string of the molecule is O=C(Cc1cn2cc(Cl)ccc2n1)NC1CCCC1. The van der Waals surface area contributed by atoms with Crippen LogP contribution in [-0.2, 0) is 11.2 Å². The third-order valence-corrected chi connectivity index (χ3v) is 3.75. The second-order valence-electron chi connectivity index (χ2n) is 5.07. The number of hydrogen-bond donors (Lipinski definition) is 1. The fourth-order valence-electron chi connectivity index (χ4n) is 2.62. The van der Waals surface area contributed by atoms with Crippen molar-refractivity contribution < 1.29 is 4.79 Å². The number of fused-ring (bicyclic) bond motifs is 1. The maximum atomic E-state index is 11.9. The third kappa shape index (κ3) is 2.89. The Morgan fingerprint density at radius 1 is 1.37 bits per heavy atom. The van der Waals surface area contributed by atoms with Crippen molar-refractivity contribution in [2.24, 2.45) is 0 Å². The molecule has 1 aliphatic carbocycles. The molecule has 1 fully saturated rings. The first-order chi connectivity index (χ1) is 9.20. The molecule has 0 aromatic carbocycles. The Kier molecular flexibility index (Phi) is 3.42. The predicted molar refractivity (Wildman–Crippen MR) is 74.3 cm³/mol. The first kappa shape index (κ1) is 12.5. The van der Waals surface area contributed by atoms with Crippen molar-refractivity contribution in [2.45, 2.75) is 38.1 Å². The molecule has 4 nitrogen and oxygen atoms in total. The van der Waals surface area contributed by atoms with Gasteiger partial charge >= 0.3 is 0 Å². The molecule has 0 atom stereocenters. The average Bonchev–Trinajstić information content (AvgIpc) is 2.97. The minimum absolute atomic E-state index is 0.0569. The second kappa shape index (κ2) is 5.21. The van der Waals surface area contributed by atoms with Gasteiger partial charge < -0.3 is 9.72 Å². The van der Waals surface area contributed by atoms with Crippen LogP contribution in [0.25, 0.3) is 5.65 Å². The van der Waals surface area contributed by atoms with Crippen LogP contribution in [0.3, 0.4) is 0 Å². The van der Waals surface area contributed by atoms with Crippen LogP contribution in [0.15, 0.2) is 24.5 Å². The topological polar surface area (TPSA) is 46.4 Å². The highest BCUT2D eigenvalue weighted by Crippen LogP contribution is 2.18. The normalized spacial score (nSPS) is 16.1. The van der Waals surface area contributed by atoms with Gasteiger partial charge in [-0.25, -0.2) is 4.98 Å². The molecule has 0 saturated heterocycles. The largest absolute Gasteiger partial charge is 0.353 e. The number of aromatic nitrogens is 2. The molecule has 2 aromatic rings. The van der Waals surface area contributed by atoms with Gasteiger partial charge in [0.1, 0.15) is 5.65 Å². The van der Waals surface area contributed by atoms with E-state index in [0.717, 1.165) is 24.2 Å². The number of rotatable bonds is 3. The maximum absolute atomic E-state index is 11.9. The molecule has 19 heavy (non-hydrogen) atoms. The van der Waals surface area contributed by atoms with E-state index in [4.69, 9.17) is 11.6 Å². The lowest BCUT2D eigenvalue weighted by molar-refractivity contribution is -0.121. The van der Waals surface area contributed by atoms with Gasteiger partial charge in [0.25, 0.3) is 0 Å². The summed E-state index contributed by atoms with van der Waals surface area (Å²) in [5, 5.41) is 3.73. The molecule has 1 saturated carbocycles. The Balaban J connectivity index is 1.68. The van der Waals surface area contributed by atoms with Gasteiger partial charge in [-0.1, -0.05) is 24.4 Å². The van der Waals surface area contributed by atoms with E-state index in [-0.39, 0.29) is 5.91 Å². The van der Waals surface area contributed by atoms with Gasteiger partial charge in [-0.15, -0.1) is 0 Å². The molecule has 0 bridgehead atoms. The van der Waals surface area contributed by atoms with E-state index in [1.165, 1.54) is 12.8 Å². The van der Waals surface area contributed by atoms with E-state index < -0.39 is 0 Å². The highest BCUT2D eigenvalue weighted by Gasteiger charge is 2.17. The van der Waals surface area contributed by atoms with E-state index in [1.807, 2.05) is 16.7 Å². The molecule has 100 valence electrons. The van der Waals surface area contributed by atoms with Gasteiger partial charge in [-0.2, -0.15) is 0 Å². The van der Waals surface area contributed by atoms with E-state index in [1.54, 1.807) is 12.3 Å². The molecule has 0 spiro atoms. The van der Waals surface area contributed by atoms with Crippen LogP contribution >= 0.6 is 11.6 Å². The third-order valence-electron chi connectivity index (χ3n) is 3.53. The number of halogens is 1. The molecule has 5 heteroatoms. The Hall–Kier alpha value is -1.55. The van der Waals surface area contributed by atoms with Gasteiger partial charge in [0.05, 0.1) is 17.1 Å². The van der Waals surface area contributed by atoms with Crippen molar-refractivity contribution in [3.8, 4) is 0 Å². The number of amides is 1. The molecule has 2 aromatic heterocycles. The monoisotopic (exact) mass is 277 g/mol. The smallest absolute Gasteiger partial charge is 0.226 e. The van der Waals surface area contributed by atoms with Crippen molar-refractivity contribution >= 4 is 23.2 Å². The van der Waals surface area contributed by atoms with Crippen molar-refractivity contribution in [3.05, 3.63) is 35.2 Å². The fourth-order valence-corrected chi connectivity index (χ4v) is 2.78. The minimum atomic E-state index is 0.0569. The molecular weight excluding hydrogens is 262 g/mol. The number of pyridine rings is 1. The number of nitrogens with zero attached hydrogens (tertiary/aromatic N) is 2. The number of hydrogen-bond acceptors (Lipinski definition) is 2. The van der Waals surface area contributed by atoms with Crippen LogP contribution in [-0.4, -0.2) is 21.3 Å². The standard InChI is InChI=1S/C14H16ClN3O/c15-10-5-6-13-16-12(9-18(13)8-10)7-14(19)17-11-3-1-2-4-11/h5-6,8-9,11H,1-4,7H2,(H,17,19). The molecule has 1 aliphatic rings. The number of nitrogens with one attached hydrogen (secondary N) is 1. The molecule has 0 unspecified atom stereocenters. The summed E-state index contributed by atoms with van der Waals surface area (Å²) in [7, 11) is 0. The van der Waals surface area contributed by atoms with Crippen LogP contribution in [0, 0.1) is 0 Å². The van der Waals surface area contributed by atoms with Crippen LogP contribution in [0.4, 0.5) is 0 Å². The summed E-state index contributed by atoms with van der Waals surface area (Å²) in [4.78, 5) is 16.3. The first-order valence-corrected chi connectivity index (χ1v) is 7.01. The lowest BCUT2D eigenvalue weighted by Gasteiger charge is -2.10. The maximum Gasteiger partial charge on any atom is 0.226 e. The van der Waals surface area contributed by atoms with Gasteiger partial charge in [-0.05, 0) is 25.0 Å². The molecule has 1 amide bonds. The Labute approximate surface area is 116 Å². The fraction of sp³-hybridized carbons (Fsp3) is 0.429. The molecule has 0 aliphatic heterocycles. The van der Waals surface area contributed by atoms with Crippen LogP contribution in [0.5, 0.6) is 0 Å². The lowest BCUT2D eigenvalue weighted by atomic mass is 10.2. The summed E-state index contributed by atoms with van der Waals surface area (Å²) in [6.07, 6.45) is 8.63. The van der Waals surface area contributed by atoms with E-state index in [2.05, 4.69) is 10.3 Å². The van der Waals surface area contributed by atoms with E-state index >= 15 is 0 Å². The highest BCUT2D eigenvalue weighted by molar-refractivity contribution is 6.30. The lowest BCUT2D eigenvalue weighted by Crippen LogP contribution is -2.33. The summed E-state index contributed by atoms with van der Waals surface area (Å²) in [6, 6.07) is 4.01. The van der Waals surface area contributed by atoms with Crippen molar-refractivity contribution in [1.29, 1.82) is 0 Å². The Morgan fingerprint density at radius 3 is 2.95 bits per heavy atom. The second-order valence-corrected chi connectivity index (χ2v) is 5.51. The zero-order valence-corrected chi connectivity index (χ0v) is 11.4. The first-order valence-electron chi connectivity index (χ1n) is 6.63. The average molecular weight is 278 g/mol. The number of carbonyl (C=O) groups excluding carboxylic acids is 1. The summed E-state index contributed by atoms with van der Waals surface area (Å²) < 4.78 is 1.85. The zero-order valence-electron chi connectivity index (χ0n) is 10.6. The van der Waals surface area contributed by atoms with Crippen molar-refractivity contribution in [1.82, 2.24) is 14.7 Å². The summed E-state index contributed by atoms with van der Waals surface area (Å²) in [5.41, 5.74) is 1.59. The number of imidazole rings is 1. The summed E-state index contributed by atoms with van der Waals surface area (Å²) >= 11 is 5.92. The van der Waals surface area contributed by atoms with E-state index in [9.17, 15) is 4.79 Å². The molecule has 0 radical (unpaired) electrons. The number of carbonyl (C=O) groups is 1. The Morgan fingerprint density at radius 2 is 2.16 bits per heavy atom. The molecule has 1 N–H and O–H groups in total. The minimum Gasteiger partial charge on any atom is -0.353 e. The van der Waals surface area contributed by atoms with Crippen LogP contribution in [0.1, 0.15) is 31.4 Å². The summed E-state index contributed by atoms with van der Waals surface area (Å²) in [5.74, 6) is 0.0569.